The SMILES string of the molecule is CCOC(=O)COc1c(Br)cc(/C=C2\SC(=Nc3cccc(Cl)c3Cl)NC2=O)cc1Br. The number of thioether (sulfide) groups is 1. The predicted molar refractivity (Wildman–Crippen MR) is 131 cm³/mol. The Morgan fingerprint density at radius 2 is 1.97 bits per heavy atom. The Morgan fingerprint density at radius 3 is 2.65 bits per heavy atom. The number of halogens is 4. The normalized spacial score (nSPS) is 16.0. The van der Waals surface area contributed by atoms with Crippen LogP contribution in [0.25, 0.3) is 6.08 Å². The third kappa shape index (κ3) is 6.26. The highest BCUT2D eigenvalue weighted by Gasteiger charge is 2.24. The molecule has 2 aromatic rings. The van der Waals surface area contributed by atoms with Crippen LogP contribution in [0.5, 0.6) is 5.75 Å². The summed E-state index contributed by atoms with van der Waals surface area (Å²) in [6, 6.07) is 8.64. The molecular weight excluding hydrogens is 595 g/mol. The third-order valence-electron chi connectivity index (χ3n) is 3.76. The van der Waals surface area contributed by atoms with E-state index in [4.69, 9.17) is 32.7 Å². The third-order valence-corrected chi connectivity index (χ3v) is 6.66. The van der Waals surface area contributed by atoms with Crippen molar-refractivity contribution in [3.8, 4) is 5.75 Å². The lowest BCUT2D eigenvalue weighted by molar-refractivity contribution is -0.145. The molecule has 2 aromatic carbocycles. The van der Waals surface area contributed by atoms with Crippen LogP contribution in [0, 0.1) is 0 Å². The standard InChI is InChI=1S/C20H14Br2Cl2N2O4S/c1-2-29-16(27)9-30-18-11(21)6-10(7-12(18)22)8-15-19(28)26-20(31-15)25-14-5-3-4-13(23)17(14)24/h3-8H,2,9H2,1H3,(H,25,26,28)/b15-8-. The fraction of sp³-hybridized carbons (Fsp3) is 0.150. The van der Waals surface area contributed by atoms with Crippen LogP contribution in [-0.4, -0.2) is 30.3 Å². The quantitative estimate of drug-likeness (QED) is 0.305. The van der Waals surface area contributed by atoms with E-state index in [-0.39, 0.29) is 19.1 Å². The first-order valence-electron chi connectivity index (χ1n) is 8.79. The summed E-state index contributed by atoms with van der Waals surface area (Å²) in [6.07, 6.45) is 1.72. The van der Waals surface area contributed by atoms with Gasteiger partial charge in [-0.1, -0.05) is 29.3 Å². The Morgan fingerprint density at radius 1 is 1.26 bits per heavy atom. The molecule has 0 radical (unpaired) electrons. The van der Waals surface area contributed by atoms with E-state index >= 15 is 0 Å². The molecule has 1 aliphatic rings. The maximum Gasteiger partial charge on any atom is 0.344 e. The van der Waals surface area contributed by atoms with Crippen molar-refractivity contribution < 1.29 is 19.1 Å². The number of carbonyl (C=O) groups excluding carboxylic acids is 2. The van der Waals surface area contributed by atoms with Crippen LogP contribution in [0.15, 0.2) is 49.2 Å². The number of ether oxygens (including phenoxy) is 2. The van der Waals surface area contributed by atoms with Gasteiger partial charge < -0.3 is 14.8 Å². The molecule has 0 atom stereocenters. The minimum atomic E-state index is -0.460. The van der Waals surface area contributed by atoms with Crippen LogP contribution in [0.2, 0.25) is 10.0 Å². The molecule has 0 bridgehead atoms. The fourth-order valence-electron chi connectivity index (χ4n) is 2.45. The van der Waals surface area contributed by atoms with Crippen molar-refractivity contribution >= 4 is 95.6 Å². The summed E-state index contributed by atoms with van der Waals surface area (Å²) >= 11 is 20.2. The van der Waals surface area contributed by atoms with E-state index in [9.17, 15) is 9.59 Å². The van der Waals surface area contributed by atoms with Crippen LogP contribution >= 0.6 is 66.8 Å². The number of nitrogens with zero attached hydrogens (tertiary/aromatic N) is 1. The van der Waals surface area contributed by atoms with Crippen LogP contribution in [0.1, 0.15) is 12.5 Å². The van der Waals surface area contributed by atoms with Gasteiger partial charge in [0.05, 0.1) is 36.2 Å². The molecule has 31 heavy (non-hydrogen) atoms. The van der Waals surface area contributed by atoms with E-state index in [0.717, 1.165) is 5.56 Å². The molecule has 0 aliphatic carbocycles. The van der Waals surface area contributed by atoms with Crippen molar-refractivity contribution in [1.29, 1.82) is 0 Å². The summed E-state index contributed by atoms with van der Waals surface area (Å²) in [5.41, 5.74) is 1.20. The largest absolute Gasteiger partial charge is 0.480 e. The number of nitrogens with one attached hydrogen (secondary N) is 1. The van der Waals surface area contributed by atoms with Crippen molar-refractivity contribution in [1.82, 2.24) is 5.32 Å². The molecule has 3 rings (SSSR count). The highest BCUT2D eigenvalue weighted by atomic mass is 79.9. The lowest BCUT2D eigenvalue weighted by Crippen LogP contribution is -2.19. The van der Waals surface area contributed by atoms with Crippen molar-refractivity contribution in [3.63, 3.8) is 0 Å². The van der Waals surface area contributed by atoms with E-state index in [2.05, 4.69) is 42.2 Å². The maximum absolute atomic E-state index is 12.4. The van der Waals surface area contributed by atoms with E-state index < -0.39 is 5.97 Å². The van der Waals surface area contributed by atoms with Gasteiger partial charge in [-0.25, -0.2) is 9.79 Å². The van der Waals surface area contributed by atoms with Crippen molar-refractivity contribution in [2.24, 2.45) is 4.99 Å². The molecular formula is C20H14Br2Cl2N2O4S. The lowest BCUT2D eigenvalue weighted by atomic mass is 10.2. The first-order valence-corrected chi connectivity index (χ1v) is 12.0. The average Bonchev–Trinajstić information content (AvgIpc) is 3.04. The highest BCUT2D eigenvalue weighted by Crippen LogP contribution is 2.37. The van der Waals surface area contributed by atoms with E-state index in [1.165, 1.54) is 11.8 Å². The second-order valence-corrected chi connectivity index (χ2v) is 9.49. The Kier molecular flexibility index (Phi) is 8.46. The zero-order valence-electron chi connectivity index (χ0n) is 15.9. The van der Waals surface area contributed by atoms with Crippen LogP contribution in [0.4, 0.5) is 5.69 Å². The Balaban J connectivity index is 1.78. The van der Waals surface area contributed by atoms with Crippen molar-refractivity contribution in [2.45, 2.75) is 6.92 Å². The molecule has 6 nitrogen and oxygen atoms in total. The van der Waals surface area contributed by atoms with Gasteiger partial charge in [-0.15, -0.1) is 0 Å². The van der Waals surface area contributed by atoms with E-state index in [0.29, 0.717) is 40.5 Å². The minimum Gasteiger partial charge on any atom is -0.480 e. The summed E-state index contributed by atoms with van der Waals surface area (Å²) in [5.74, 6) is -0.286. The Labute approximate surface area is 209 Å². The number of amidine groups is 1. The van der Waals surface area contributed by atoms with E-state index in [1.807, 2.05) is 0 Å². The minimum absolute atomic E-state index is 0.213. The fourth-order valence-corrected chi connectivity index (χ4v) is 5.08. The van der Waals surface area contributed by atoms with Gasteiger partial charge in [0, 0.05) is 0 Å². The summed E-state index contributed by atoms with van der Waals surface area (Å²) in [5, 5.41) is 3.80. The number of amides is 1. The molecule has 162 valence electrons. The smallest absolute Gasteiger partial charge is 0.344 e. The number of aliphatic imine (C=N–C) groups is 1. The molecule has 1 saturated heterocycles. The topological polar surface area (TPSA) is 77.0 Å². The molecule has 0 saturated carbocycles. The molecule has 1 aliphatic heterocycles. The van der Waals surface area contributed by atoms with Gasteiger partial charge in [-0.2, -0.15) is 0 Å². The molecule has 1 heterocycles. The van der Waals surface area contributed by atoms with Gasteiger partial charge in [0.25, 0.3) is 5.91 Å². The molecule has 0 spiro atoms. The predicted octanol–water partition coefficient (Wildman–Crippen LogP) is 6.35. The first kappa shape index (κ1) is 24.1. The summed E-state index contributed by atoms with van der Waals surface area (Å²) in [4.78, 5) is 28.7. The molecule has 0 unspecified atom stereocenters. The Bertz CT molecular complexity index is 1090. The second-order valence-electron chi connectivity index (χ2n) is 5.96. The molecule has 1 N–H and O–H groups in total. The number of hydrogen-bond acceptors (Lipinski definition) is 6. The van der Waals surface area contributed by atoms with Crippen molar-refractivity contribution in [3.05, 3.63) is 59.8 Å². The summed E-state index contributed by atoms with van der Waals surface area (Å²) in [6.45, 7) is 1.80. The van der Waals surface area contributed by atoms with Gasteiger partial charge in [0.2, 0.25) is 0 Å². The Hall–Kier alpha value is -1.52. The number of rotatable bonds is 6. The van der Waals surface area contributed by atoms with Crippen LogP contribution in [0.3, 0.4) is 0 Å². The summed E-state index contributed by atoms with van der Waals surface area (Å²) in [7, 11) is 0. The zero-order chi connectivity index (χ0) is 22.5. The number of carbonyl (C=O) groups is 2. The number of esters is 1. The molecule has 11 heteroatoms. The van der Waals surface area contributed by atoms with Gasteiger partial charge in [-0.05, 0) is 86.5 Å². The van der Waals surface area contributed by atoms with Gasteiger partial charge in [0.15, 0.2) is 11.8 Å². The van der Waals surface area contributed by atoms with E-state index in [1.54, 1.807) is 43.3 Å². The highest BCUT2D eigenvalue weighted by molar-refractivity contribution is 9.11. The average molecular weight is 609 g/mol. The van der Waals surface area contributed by atoms with Crippen molar-refractivity contribution in [2.75, 3.05) is 13.2 Å². The first-order chi connectivity index (χ1) is 14.8. The molecule has 0 aromatic heterocycles. The van der Waals surface area contributed by atoms with Crippen LogP contribution < -0.4 is 10.1 Å². The van der Waals surface area contributed by atoms with Gasteiger partial charge >= 0.3 is 5.97 Å². The lowest BCUT2D eigenvalue weighted by Gasteiger charge is -2.11. The summed E-state index contributed by atoms with van der Waals surface area (Å²) < 4.78 is 11.6. The second kappa shape index (κ2) is 10.9. The number of benzene rings is 2. The van der Waals surface area contributed by atoms with Crippen LogP contribution in [-0.2, 0) is 14.3 Å². The maximum atomic E-state index is 12.4. The molecule has 1 fully saturated rings. The zero-order valence-corrected chi connectivity index (χ0v) is 21.4. The monoisotopic (exact) mass is 606 g/mol. The van der Waals surface area contributed by atoms with Gasteiger partial charge in [0.1, 0.15) is 5.75 Å². The molecule has 1 amide bonds. The number of hydrogen-bond donors (Lipinski definition) is 1. The van der Waals surface area contributed by atoms with Gasteiger partial charge in [-0.3, -0.25) is 4.79 Å².